The van der Waals surface area contributed by atoms with E-state index < -0.39 is 18.0 Å². The van der Waals surface area contributed by atoms with Gasteiger partial charge >= 0.3 is 5.97 Å². The number of fused-ring (bicyclic) bond motifs is 2. The Morgan fingerprint density at radius 3 is 2.69 bits per heavy atom. The minimum Gasteiger partial charge on any atom is -0.486 e. The molecule has 2 aromatic heterocycles. The van der Waals surface area contributed by atoms with E-state index in [4.69, 9.17) is 14.2 Å². The van der Waals surface area contributed by atoms with Crippen LogP contribution in [0, 0.1) is 13.8 Å². The summed E-state index contributed by atoms with van der Waals surface area (Å²) in [4.78, 5) is 33.1. The van der Waals surface area contributed by atoms with Crippen molar-refractivity contribution in [3.05, 3.63) is 41.5 Å². The Balaban J connectivity index is 1.43. The van der Waals surface area contributed by atoms with Gasteiger partial charge < -0.3 is 19.5 Å². The van der Waals surface area contributed by atoms with Crippen LogP contribution in [-0.4, -0.2) is 50.8 Å². The molecule has 0 radical (unpaired) electrons. The number of hydrogen-bond acceptors (Lipinski definition) is 8. The topological polar surface area (TPSA) is 117 Å². The molecule has 3 aromatic rings. The maximum absolute atomic E-state index is 12.4. The van der Waals surface area contributed by atoms with Crippen molar-refractivity contribution in [2.45, 2.75) is 26.9 Å². The highest BCUT2D eigenvalue weighted by Gasteiger charge is 2.23. The molecule has 1 aliphatic heterocycles. The number of carbonyl (C=O) groups is 2. The van der Waals surface area contributed by atoms with Crippen LogP contribution >= 0.6 is 0 Å². The first-order valence-corrected chi connectivity index (χ1v) is 9.03. The van der Waals surface area contributed by atoms with Crippen molar-refractivity contribution in [1.29, 1.82) is 0 Å². The van der Waals surface area contributed by atoms with E-state index in [9.17, 15) is 9.59 Å². The second-order valence-electron chi connectivity index (χ2n) is 6.58. The Morgan fingerprint density at radius 1 is 1.14 bits per heavy atom. The van der Waals surface area contributed by atoms with Gasteiger partial charge in [0, 0.05) is 23.1 Å². The number of rotatable bonds is 4. The second-order valence-corrected chi connectivity index (χ2v) is 6.58. The van der Waals surface area contributed by atoms with E-state index in [-0.39, 0.29) is 5.82 Å². The first-order chi connectivity index (χ1) is 13.9. The van der Waals surface area contributed by atoms with Crippen molar-refractivity contribution in [2.75, 3.05) is 18.5 Å². The van der Waals surface area contributed by atoms with Crippen molar-refractivity contribution in [3.63, 3.8) is 0 Å². The van der Waals surface area contributed by atoms with Crippen molar-refractivity contribution in [2.24, 2.45) is 0 Å². The van der Waals surface area contributed by atoms with Gasteiger partial charge in [-0.05, 0) is 39.0 Å². The van der Waals surface area contributed by atoms with E-state index in [0.717, 1.165) is 11.4 Å². The molecule has 1 atom stereocenters. The Hall–Kier alpha value is -3.69. The molecule has 4 rings (SSSR count). The summed E-state index contributed by atoms with van der Waals surface area (Å²) in [5.41, 5.74) is 2.04. The maximum atomic E-state index is 12.4. The Labute approximate surface area is 165 Å². The molecule has 0 bridgehead atoms. The first kappa shape index (κ1) is 18.7. The van der Waals surface area contributed by atoms with Crippen LogP contribution < -0.4 is 14.8 Å². The molecule has 150 valence electrons. The molecule has 1 N–H and O–H groups in total. The average molecular weight is 397 g/mol. The lowest BCUT2D eigenvalue weighted by Crippen LogP contribution is -2.30. The van der Waals surface area contributed by atoms with E-state index in [1.54, 1.807) is 18.2 Å². The Kier molecular flexibility index (Phi) is 4.75. The number of aromatic nitrogens is 4. The normalized spacial score (nSPS) is 13.8. The highest BCUT2D eigenvalue weighted by atomic mass is 16.6. The molecule has 0 aliphatic carbocycles. The molecule has 29 heavy (non-hydrogen) atoms. The van der Waals surface area contributed by atoms with E-state index in [2.05, 4.69) is 20.4 Å². The van der Waals surface area contributed by atoms with Crippen molar-refractivity contribution >= 4 is 23.3 Å². The molecule has 10 heteroatoms. The lowest BCUT2D eigenvalue weighted by atomic mass is 10.2. The van der Waals surface area contributed by atoms with Gasteiger partial charge in [0.1, 0.15) is 13.2 Å². The van der Waals surface area contributed by atoms with Gasteiger partial charge in [-0.2, -0.15) is 4.98 Å². The molecular formula is C19H19N5O5. The van der Waals surface area contributed by atoms with Gasteiger partial charge in [-0.15, -0.1) is 5.10 Å². The number of anilines is 1. The van der Waals surface area contributed by atoms with Crippen molar-refractivity contribution in [3.8, 4) is 11.5 Å². The molecule has 0 unspecified atom stereocenters. The molecule has 10 nitrogen and oxygen atoms in total. The summed E-state index contributed by atoms with van der Waals surface area (Å²) >= 11 is 0. The molecular weight excluding hydrogens is 378 g/mol. The number of ether oxygens (including phenoxy) is 3. The lowest BCUT2D eigenvalue weighted by molar-refractivity contribution is -0.123. The summed E-state index contributed by atoms with van der Waals surface area (Å²) in [6.45, 7) is 6.04. The summed E-state index contributed by atoms with van der Waals surface area (Å²) in [5.74, 6) is -0.00844. The molecule has 0 fully saturated rings. The number of esters is 1. The van der Waals surface area contributed by atoms with Crippen LogP contribution in [0.2, 0.25) is 0 Å². The third kappa shape index (κ3) is 3.82. The number of hydrogen-bond donors (Lipinski definition) is 1. The SMILES string of the molecule is Cc1cc(C)n2nc(C(=O)O[C@@H](C)C(=O)Nc3ccc4c(c3)OCCO4)nc2n1. The number of carbonyl (C=O) groups excluding carboxylic acids is 2. The van der Waals surface area contributed by atoms with Gasteiger partial charge in [0.05, 0.1) is 0 Å². The number of nitrogens with one attached hydrogen (secondary N) is 1. The molecule has 1 amide bonds. The van der Waals surface area contributed by atoms with Crippen molar-refractivity contribution in [1.82, 2.24) is 19.6 Å². The standard InChI is InChI=1S/C19H19N5O5/c1-10-8-11(2)24-19(20-10)22-16(23-24)18(26)29-12(3)17(25)21-13-4-5-14-15(9-13)28-7-6-27-14/h4-5,8-9,12H,6-7H2,1-3H3,(H,21,25)/t12-/m0/s1. The zero-order valence-corrected chi connectivity index (χ0v) is 16.1. The van der Waals surface area contributed by atoms with Crippen LogP contribution in [0.1, 0.15) is 28.9 Å². The van der Waals surface area contributed by atoms with Gasteiger partial charge in [0.15, 0.2) is 17.6 Å². The van der Waals surface area contributed by atoms with Gasteiger partial charge in [-0.25, -0.2) is 14.3 Å². The average Bonchev–Trinajstić information content (AvgIpc) is 3.12. The summed E-state index contributed by atoms with van der Waals surface area (Å²) in [6, 6.07) is 6.86. The van der Waals surface area contributed by atoms with Crippen LogP contribution in [0.25, 0.3) is 5.78 Å². The van der Waals surface area contributed by atoms with Gasteiger partial charge in [0.25, 0.3) is 17.5 Å². The van der Waals surface area contributed by atoms with Crippen LogP contribution in [0.3, 0.4) is 0 Å². The summed E-state index contributed by atoms with van der Waals surface area (Å²) in [5, 5.41) is 6.79. The van der Waals surface area contributed by atoms with Crippen LogP contribution in [-0.2, 0) is 9.53 Å². The minimum absolute atomic E-state index is 0.162. The Morgan fingerprint density at radius 2 is 1.90 bits per heavy atom. The predicted molar refractivity (Wildman–Crippen MR) is 101 cm³/mol. The van der Waals surface area contributed by atoms with Gasteiger partial charge in [0.2, 0.25) is 0 Å². The van der Waals surface area contributed by atoms with E-state index in [1.165, 1.54) is 11.4 Å². The summed E-state index contributed by atoms with van der Waals surface area (Å²) in [6.07, 6.45) is -1.06. The van der Waals surface area contributed by atoms with E-state index >= 15 is 0 Å². The molecule has 1 aliphatic rings. The smallest absolute Gasteiger partial charge is 0.379 e. The third-order valence-electron chi connectivity index (χ3n) is 4.26. The fourth-order valence-electron chi connectivity index (χ4n) is 2.88. The molecule has 1 aromatic carbocycles. The highest BCUT2D eigenvalue weighted by molar-refractivity contribution is 5.96. The second kappa shape index (κ2) is 7.38. The first-order valence-electron chi connectivity index (χ1n) is 9.03. The predicted octanol–water partition coefficient (Wildman–Crippen LogP) is 1.70. The van der Waals surface area contributed by atoms with Crippen LogP contribution in [0.15, 0.2) is 24.3 Å². The van der Waals surface area contributed by atoms with Crippen LogP contribution in [0.5, 0.6) is 11.5 Å². The van der Waals surface area contributed by atoms with Crippen LogP contribution in [0.4, 0.5) is 5.69 Å². The third-order valence-corrected chi connectivity index (χ3v) is 4.26. The largest absolute Gasteiger partial charge is 0.486 e. The quantitative estimate of drug-likeness (QED) is 0.661. The number of amides is 1. The van der Waals surface area contributed by atoms with E-state index in [0.29, 0.717) is 36.2 Å². The summed E-state index contributed by atoms with van der Waals surface area (Å²) in [7, 11) is 0. The summed E-state index contributed by atoms with van der Waals surface area (Å²) < 4.78 is 17.6. The monoisotopic (exact) mass is 397 g/mol. The van der Waals surface area contributed by atoms with Gasteiger partial charge in [-0.1, -0.05) is 0 Å². The lowest BCUT2D eigenvalue weighted by Gasteiger charge is -2.19. The van der Waals surface area contributed by atoms with Crippen molar-refractivity contribution < 1.29 is 23.8 Å². The fraction of sp³-hybridized carbons (Fsp3) is 0.316. The number of aryl methyl sites for hydroxylation is 2. The Bertz CT molecular complexity index is 1110. The van der Waals surface area contributed by atoms with Gasteiger partial charge in [-0.3, -0.25) is 4.79 Å². The minimum atomic E-state index is -1.06. The zero-order chi connectivity index (χ0) is 20.5. The number of nitrogens with zero attached hydrogens (tertiary/aromatic N) is 4. The zero-order valence-electron chi connectivity index (χ0n) is 16.1. The maximum Gasteiger partial charge on any atom is 0.379 e. The van der Waals surface area contributed by atoms with E-state index in [1.807, 2.05) is 19.9 Å². The molecule has 0 saturated heterocycles. The fourth-order valence-corrected chi connectivity index (χ4v) is 2.88. The molecule has 0 saturated carbocycles. The molecule has 0 spiro atoms. The molecule has 3 heterocycles. The highest BCUT2D eigenvalue weighted by Crippen LogP contribution is 2.32. The number of benzene rings is 1.